The highest BCUT2D eigenvalue weighted by Crippen LogP contribution is 2.24. The molecule has 0 saturated heterocycles. The summed E-state index contributed by atoms with van der Waals surface area (Å²) in [5.74, 6) is 0.639. The Hall–Kier alpha value is -2.47. The van der Waals surface area contributed by atoms with Gasteiger partial charge in [-0.2, -0.15) is 0 Å². The van der Waals surface area contributed by atoms with Crippen molar-refractivity contribution in [1.29, 1.82) is 0 Å². The maximum absolute atomic E-state index is 13.4. The molecular formula is C22H24BrN3O2. The average Bonchev–Trinajstić information content (AvgIpc) is 2.69. The van der Waals surface area contributed by atoms with Gasteiger partial charge in [0.2, 0.25) is 5.91 Å². The summed E-state index contributed by atoms with van der Waals surface area (Å²) in [6.07, 6.45) is 1.26. The van der Waals surface area contributed by atoms with E-state index >= 15 is 0 Å². The van der Waals surface area contributed by atoms with Crippen LogP contribution in [0.3, 0.4) is 0 Å². The first-order valence-corrected chi connectivity index (χ1v) is 10.3. The van der Waals surface area contributed by atoms with E-state index in [1.165, 1.54) is 0 Å². The second-order valence-electron chi connectivity index (χ2n) is 6.71. The normalized spacial score (nSPS) is 12.1. The molecule has 1 amide bonds. The molecule has 0 spiro atoms. The van der Waals surface area contributed by atoms with Crippen LogP contribution in [0.1, 0.15) is 45.5 Å². The van der Waals surface area contributed by atoms with Gasteiger partial charge in [-0.1, -0.05) is 35.0 Å². The first kappa shape index (κ1) is 20.3. The van der Waals surface area contributed by atoms with E-state index < -0.39 is 0 Å². The van der Waals surface area contributed by atoms with Gasteiger partial charge in [0, 0.05) is 17.4 Å². The number of fused-ring (bicyclic) bond motifs is 1. The van der Waals surface area contributed by atoms with E-state index in [1.54, 1.807) is 15.5 Å². The van der Waals surface area contributed by atoms with Gasteiger partial charge in [-0.15, -0.1) is 0 Å². The standard InChI is InChI=1S/C22H24BrN3O2/c1-4-8-20(27)25(5-2)15(3)21-24-19-10-7-6-9-18(19)22(28)26(21)17-13-11-16(23)12-14-17/h6-7,9-15H,4-5,8H2,1-3H3. The molecule has 0 aliphatic heterocycles. The number of aromatic nitrogens is 2. The van der Waals surface area contributed by atoms with Crippen molar-refractivity contribution < 1.29 is 4.79 Å². The van der Waals surface area contributed by atoms with Crippen LogP contribution in [0, 0.1) is 0 Å². The summed E-state index contributed by atoms with van der Waals surface area (Å²) >= 11 is 3.44. The molecule has 0 aliphatic rings. The van der Waals surface area contributed by atoms with Gasteiger partial charge in [0.15, 0.2) is 0 Å². The highest BCUT2D eigenvalue weighted by Gasteiger charge is 2.25. The maximum Gasteiger partial charge on any atom is 0.266 e. The topological polar surface area (TPSA) is 55.2 Å². The van der Waals surface area contributed by atoms with Crippen LogP contribution in [0.4, 0.5) is 0 Å². The van der Waals surface area contributed by atoms with E-state index in [-0.39, 0.29) is 17.5 Å². The summed E-state index contributed by atoms with van der Waals surface area (Å²) in [5, 5.41) is 0.560. The summed E-state index contributed by atoms with van der Waals surface area (Å²) in [7, 11) is 0. The summed E-state index contributed by atoms with van der Waals surface area (Å²) in [5.41, 5.74) is 1.24. The van der Waals surface area contributed by atoms with Crippen molar-refractivity contribution in [3.63, 3.8) is 0 Å². The molecule has 3 rings (SSSR count). The number of benzene rings is 2. The molecule has 6 heteroatoms. The van der Waals surface area contributed by atoms with Crippen LogP contribution in [0.2, 0.25) is 0 Å². The molecule has 1 unspecified atom stereocenters. The molecule has 5 nitrogen and oxygen atoms in total. The van der Waals surface area contributed by atoms with Crippen LogP contribution in [0.25, 0.3) is 16.6 Å². The molecule has 28 heavy (non-hydrogen) atoms. The van der Waals surface area contributed by atoms with E-state index in [0.717, 1.165) is 16.6 Å². The number of hydrogen-bond acceptors (Lipinski definition) is 3. The Kier molecular flexibility index (Phi) is 6.29. The molecule has 0 radical (unpaired) electrons. The van der Waals surface area contributed by atoms with Crippen LogP contribution >= 0.6 is 15.9 Å². The number of para-hydroxylation sites is 1. The molecule has 1 heterocycles. The molecular weight excluding hydrogens is 418 g/mol. The SMILES string of the molecule is CCCC(=O)N(CC)C(C)c1nc2ccccc2c(=O)n1-c1ccc(Br)cc1. The van der Waals surface area contributed by atoms with Gasteiger partial charge >= 0.3 is 0 Å². The molecule has 0 N–H and O–H groups in total. The maximum atomic E-state index is 13.4. The number of amides is 1. The van der Waals surface area contributed by atoms with Gasteiger partial charge in [-0.3, -0.25) is 14.2 Å². The lowest BCUT2D eigenvalue weighted by atomic mass is 10.1. The van der Waals surface area contributed by atoms with Crippen molar-refractivity contribution in [2.24, 2.45) is 0 Å². The molecule has 0 aliphatic carbocycles. The van der Waals surface area contributed by atoms with Crippen molar-refractivity contribution in [3.05, 3.63) is 69.2 Å². The van der Waals surface area contributed by atoms with Gasteiger partial charge in [-0.05, 0) is 56.7 Å². The van der Waals surface area contributed by atoms with E-state index in [2.05, 4.69) is 15.9 Å². The lowest BCUT2D eigenvalue weighted by molar-refractivity contribution is -0.133. The Bertz CT molecular complexity index is 1040. The van der Waals surface area contributed by atoms with Crippen LogP contribution in [-0.4, -0.2) is 26.9 Å². The minimum Gasteiger partial charge on any atom is -0.333 e. The average molecular weight is 442 g/mol. The van der Waals surface area contributed by atoms with Crippen LogP contribution < -0.4 is 5.56 Å². The number of carbonyl (C=O) groups excluding carboxylic acids is 1. The Labute approximate surface area is 173 Å². The number of halogens is 1. The monoisotopic (exact) mass is 441 g/mol. The zero-order valence-electron chi connectivity index (χ0n) is 16.4. The van der Waals surface area contributed by atoms with E-state index in [9.17, 15) is 9.59 Å². The second-order valence-corrected chi connectivity index (χ2v) is 7.63. The zero-order chi connectivity index (χ0) is 20.3. The van der Waals surface area contributed by atoms with Gasteiger partial charge in [0.05, 0.1) is 22.6 Å². The molecule has 0 fully saturated rings. The molecule has 1 atom stereocenters. The molecule has 0 bridgehead atoms. The smallest absolute Gasteiger partial charge is 0.266 e. The predicted octanol–water partition coefficient (Wildman–Crippen LogP) is 4.86. The van der Waals surface area contributed by atoms with E-state index in [0.29, 0.717) is 29.7 Å². The molecule has 1 aromatic heterocycles. The number of rotatable bonds is 6. The number of nitrogens with zero attached hydrogens (tertiary/aromatic N) is 3. The van der Waals surface area contributed by atoms with E-state index in [1.807, 2.05) is 63.2 Å². The predicted molar refractivity (Wildman–Crippen MR) is 116 cm³/mol. The van der Waals surface area contributed by atoms with Crippen molar-refractivity contribution in [1.82, 2.24) is 14.5 Å². The second kappa shape index (κ2) is 8.69. The lowest BCUT2D eigenvalue weighted by Crippen LogP contribution is -2.37. The largest absolute Gasteiger partial charge is 0.333 e. The Morgan fingerprint density at radius 1 is 1.14 bits per heavy atom. The first-order chi connectivity index (χ1) is 13.5. The van der Waals surface area contributed by atoms with Crippen molar-refractivity contribution in [2.75, 3.05) is 6.54 Å². The van der Waals surface area contributed by atoms with Gasteiger partial charge < -0.3 is 4.90 Å². The third-order valence-electron chi connectivity index (χ3n) is 4.85. The van der Waals surface area contributed by atoms with Gasteiger partial charge in [0.25, 0.3) is 5.56 Å². The quantitative estimate of drug-likeness (QED) is 0.548. The Morgan fingerprint density at radius 2 is 1.82 bits per heavy atom. The van der Waals surface area contributed by atoms with Crippen molar-refractivity contribution >= 4 is 32.7 Å². The fraction of sp³-hybridized carbons (Fsp3) is 0.318. The van der Waals surface area contributed by atoms with E-state index in [4.69, 9.17) is 4.98 Å². The first-order valence-electron chi connectivity index (χ1n) is 9.55. The van der Waals surface area contributed by atoms with Crippen LogP contribution in [0.5, 0.6) is 0 Å². The third-order valence-corrected chi connectivity index (χ3v) is 5.38. The summed E-state index contributed by atoms with van der Waals surface area (Å²) in [6.45, 7) is 6.43. The number of hydrogen-bond donors (Lipinski definition) is 0. The van der Waals surface area contributed by atoms with Crippen molar-refractivity contribution in [3.8, 4) is 5.69 Å². The Balaban J connectivity index is 2.25. The summed E-state index contributed by atoms with van der Waals surface area (Å²) < 4.78 is 2.56. The zero-order valence-corrected chi connectivity index (χ0v) is 17.9. The van der Waals surface area contributed by atoms with Crippen molar-refractivity contribution in [2.45, 2.75) is 39.7 Å². The van der Waals surface area contributed by atoms with Crippen LogP contribution in [-0.2, 0) is 4.79 Å². The lowest BCUT2D eigenvalue weighted by Gasteiger charge is -2.29. The summed E-state index contributed by atoms with van der Waals surface area (Å²) in [6, 6.07) is 14.5. The van der Waals surface area contributed by atoms with Gasteiger partial charge in [-0.25, -0.2) is 4.98 Å². The third kappa shape index (κ3) is 3.87. The molecule has 146 valence electrons. The number of carbonyl (C=O) groups is 1. The minimum atomic E-state index is -0.329. The fourth-order valence-electron chi connectivity index (χ4n) is 3.43. The molecule has 2 aromatic carbocycles. The Morgan fingerprint density at radius 3 is 2.46 bits per heavy atom. The molecule has 3 aromatic rings. The highest BCUT2D eigenvalue weighted by atomic mass is 79.9. The minimum absolute atomic E-state index is 0.0715. The van der Waals surface area contributed by atoms with Crippen LogP contribution in [0.15, 0.2) is 57.8 Å². The summed E-state index contributed by atoms with van der Waals surface area (Å²) in [4.78, 5) is 32.6. The van der Waals surface area contributed by atoms with Gasteiger partial charge in [0.1, 0.15) is 5.82 Å². The highest BCUT2D eigenvalue weighted by molar-refractivity contribution is 9.10. The molecule has 0 saturated carbocycles. The fourth-order valence-corrected chi connectivity index (χ4v) is 3.70.